The van der Waals surface area contributed by atoms with Crippen molar-refractivity contribution in [2.45, 2.75) is 43.9 Å². The summed E-state index contributed by atoms with van der Waals surface area (Å²) in [4.78, 5) is 14.1. The molecule has 3 atom stereocenters. The largest absolute Gasteiger partial charge is 0.341 e. The Morgan fingerprint density at radius 1 is 0.889 bits per heavy atom. The standard InChI is InChI=1S/C29H29N7/c1-34-19-23-27(31-22-11-6-3-7-12-22)36(33-28(23)35-25-14-8-13-24(25)32-29(34)35)26(20-9-4-2-5-10-20)21-15-17-30-18-16-21/h2-7,9-12,15-18,24-26,31H,8,13-14,19H2,1H3/t24-,25+,26?/m1/s1. The van der Waals surface area contributed by atoms with Crippen molar-refractivity contribution in [3.8, 4) is 0 Å². The van der Waals surface area contributed by atoms with E-state index in [9.17, 15) is 0 Å². The first-order valence-electron chi connectivity index (χ1n) is 12.7. The van der Waals surface area contributed by atoms with Gasteiger partial charge < -0.3 is 10.2 Å². The molecule has 2 aromatic heterocycles. The fraction of sp³-hybridized carbons (Fsp3) is 0.276. The normalized spacial score (nSPS) is 21.0. The molecule has 0 bridgehead atoms. The molecule has 1 N–H and O–H groups in total. The molecule has 180 valence electrons. The summed E-state index contributed by atoms with van der Waals surface area (Å²) in [5.41, 5.74) is 4.59. The summed E-state index contributed by atoms with van der Waals surface area (Å²) >= 11 is 0. The summed E-state index contributed by atoms with van der Waals surface area (Å²) in [6, 6.07) is 25.8. The molecular formula is C29H29N7. The SMILES string of the molecule is CN1Cc2c(nn(C(c3ccccc3)c3ccncc3)c2Nc2ccccc2)N2C1=N[C@@H]1CCC[C@@H]12. The molecule has 4 aromatic rings. The number of hydrogen-bond acceptors (Lipinski definition) is 6. The van der Waals surface area contributed by atoms with Crippen molar-refractivity contribution in [2.24, 2.45) is 4.99 Å². The number of hydrogen-bond donors (Lipinski definition) is 1. The quantitative estimate of drug-likeness (QED) is 0.430. The number of fused-ring (bicyclic) bond motifs is 5. The number of nitrogens with one attached hydrogen (secondary N) is 1. The van der Waals surface area contributed by atoms with E-state index < -0.39 is 0 Å². The van der Waals surface area contributed by atoms with Crippen LogP contribution in [0.1, 0.15) is 42.0 Å². The number of para-hydroxylation sites is 1. The van der Waals surface area contributed by atoms with E-state index in [4.69, 9.17) is 10.1 Å². The minimum absolute atomic E-state index is 0.0984. The van der Waals surface area contributed by atoms with Gasteiger partial charge in [-0.25, -0.2) is 9.67 Å². The molecule has 2 aliphatic heterocycles. The van der Waals surface area contributed by atoms with Gasteiger partial charge in [0.25, 0.3) is 0 Å². The number of benzene rings is 2. The predicted octanol–water partition coefficient (Wildman–Crippen LogP) is 5.20. The molecule has 36 heavy (non-hydrogen) atoms. The molecule has 1 saturated carbocycles. The maximum absolute atomic E-state index is 5.39. The first-order valence-corrected chi connectivity index (χ1v) is 12.7. The summed E-state index contributed by atoms with van der Waals surface area (Å²) in [6.07, 6.45) is 7.27. The molecule has 0 saturated heterocycles. The first-order chi connectivity index (χ1) is 17.8. The Hall–Kier alpha value is -4.13. The van der Waals surface area contributed by atoms with Crippen LogP contribution >= 0.6 is 0 Å². The Balaban J connectivity index is 1.45. The van der Waals surface area contributed by atoms with Crippen LogP contribution in [0.15, 0.2) is 90.2 Å². The van der Waals surface area contributed by atoms with Gasteiger partial charge in [0, 0.05) is 25.1 Å². The molecule has 2 aromatic carbocycles. The van der Waals surface area contributed by atoms with Crippen LogP contribution in [0.2, 0.25) is 0 Å². The van der Waals surface area contributed by atoms with E-state index in [0.717, 1.165) is 48.2 Å². The zero-order valence-corrected chi connectivity index (χ0v) is 20.3. The van der Waals surface area contributed by atoms with Crippen molar-refractivity contribution in [3.05, 3.63) is 102 Å². The Bertz CT molecular complexity index is 1360. The summed E-state index contributed by atoms with van der Waals surface area (Å²) in [5.74, 6) is 3.12. The molecule has 7 heteroatoms. The lowest BCUT2D eigenvalue weighted by molar-refractivity contribution is 0.475. The maximum Gasteiger partial charge on any atom is 0.203 e. The highest BCUT2D eigenvalue weighted by atomic mass is 15.5. The second-order valence-corrected chi connectivity index (χ2v) is 9.90. The average molecular weight is 476 g/mol. The fourth-order valence-corrected chi connectivity index (χ4v) is 6.00. The molecule has 7 nitrogen and oxygen atoms in total. The van der Waals surface area contributed by atoms with Crippen LogP contribution in [0, 0.1) is 0 Å². The van der Waals surface area contributed by atoms with E-state index in [1.165, 1.54) is 17.5 Å². The van der Waals surface area contributed by atoms with Crippen LogP contribution in [0.25, 0.3) is 0 Å². The van der Waals surface area contributed by atoms with E-state index >= 15 is 0 Å². The Kier molecular flexibility index (Phi) is 5.01. The zero-order chi connectivity index (χ0) is 24.1. The first kappa shape index (κ1) is 21.2. The molecule has 1 unspecified atom stereocenters. The Morgan fingerprint density at radius 2 is 1.61 bits per heavy atom. The summed E-state index contributed by atoms with van der Waals surface area (Å²) in [7, 11) is 2.15. The van der Waals surface area contributed by atoms with Crippen LogP contribution in [-0.4, -0.2) is 44.8 Å². The Morgan fingerprint density at radius 3 is 2.39 bits per heavy atom. The maximum atomic E-state index is 5.39. The highest BCUT2D eigenvalue weighted by Crippen LogP contribution is 2.44. The van der Waals surface area contributed by atoms with Crippen molar-refractivity contribution in [1.29, 1.82) is 0 Å². The summed E-state index contributed by atoms with van der Waals surface area (Å²) in [6.45, 7) is 0.761. The number of pyridine rings is 1. The fourth-order valence-electron chi connectivity index (χ4n) is 6.00. The van der Waals surface area contributed by atoms with Gasteiger partial charge in [-0.2, -0.15) is 5.10 Å². The molecule has 4 heterocycles. The predicted molar refractivity (Wildman–Crippen MR) is 143 cm³/mol. The average Bonchev–Trinajstić information content (AvgIpc) is 3.61. The van der Waals surface area contributed by atoms with Crippen molar-refractivity contribution < 1.29 is 0 Å². The lowest BCUT2D eigenvalue weighted by Crippen LogP contribution is -2.48. The van der Waals surface area contributed by atoms with Gasteiger partial charge in [-0.05, 0) is 54.7 Å². The van der Waals surface area contributed by atoms with E-state index in [1.54, 1.807) is 0 Å². The highest BCUT2D eigenvalue weighted by molar-refractivity contribution is 6.01. The lowest BCUT2D eigenvalue weighted by Gasteiger charge is -2.35. The number of aromatic nitrogens is 3. The number of nitrogens with zero attached hydrogens (tertiary/aromatic N) is 6. The van der Waals surface area contributed by atoms with Crippen LogP contribution in [0.4, 0.5) is 17.3 Å². The van der Waals surface area contributed by atoms with Crippen molar-refractivity contribution >= 4 is 23.3 Å². The van der Waals surface area contributed by atoms with E-state index in [1.807, 2.05) is 18.5 Å². The molecule has 0 radical (unpaired) electrons. The van der Waals surface area contributed by atoms with Crippen LogP contribution in [0.3, 0.4) is 0 Å². The van der Waals surface area contributed by atoms with Crippen molar-refractivity contribution in [2.75, 3.05) is 17.3 Å². The van der Waals surface area contributed by atoms with E-state index in [-0.39, 0.29) is 6.04 Å². The molecule has 1 fully saturated rings. The van der Waals surface area contributed by atoms with Gasteiger partial charge in [0.05, 0.1) is 24.2 Å². The number of guanidine groups is 1. The van der Waals surface area contributed by atoms with E-state index in [0.29, 0.717) is 12.1 Å². The van der Waals surface area contributed by atoms with E-state index in [2.05, 4.69) is 98.6 Å². The lowest BCUT2D eigenvalue weighted by atomic mass is 9.99. The second kappa shape index (κ2) is 8.52. The third kappa shape index (κ3) is 3.38. The van der Waals surface area contributed by atoms with Crippen LogP contribution < -0.4 is 10.2 Å². The third-order valence-corrected chi connectivity index (χ3v) is 7.64. The minimum atomic E-state index is -0.0984. The van der Waals surface area contributed by atoms with Crippen LogP contribution in [0.5, 0.6) is 0 Å². The molecule has 3 aliphatic rings. The second-order valence-electron chi connectivity index (χ2n) is 9.90. The highest BCUT2D eigenvalue weighted by Gasteiger charge is 2.46. The van der Waals surface area contributed by atoms with Gasteiger partial charge in [-0.15, -0.1) is 0 Å². The van der Waals surface area contributed by atoms with Crippen molar-refractivity contribution in [3.63, 3.8) is 0 Å². The smallest absolute Gasteiger partial charge is 0.203 e. The van der Waals surface area contributed by atoms with Gasteiger partial charge in [0.2, 0.25) is 5.96 Å². The molecule has 0 spiro atoms. The van der Waals surface area contributed by atoms with Crippen molar-refractivity contribution in [1.82, 2.24) is 19.7 Å². The van der Waals surface area contributed by atoms with Gasteiger partial charge >= 0.3 is 0 Å². The monoisotopic (exact) mass is 475 g/mol. The van der Waals surface area contributed by atoms with Crippen LogP contribution in [-0.2, 0) is 6.54 Å². The molecule has 0 amide bonds. The number of rotatable bonds is 5. The topological polar surface area (TPSA) is 61.6 Å². The van der Waals surface area contributed by atoms with Gasteiger partial charge in [-0.1, -0.05) is 48.5 Å². The molecule has 7 rings (SSSR count). The zero-order valence-electron chi connectivity index (χ0n) is 20.3. The third-order valence-electron chi connectivity index (χ3n) is 7.64. The number of anilines is 3. The Labute approximate surface area is 211 Å². The minimum Gasteiger partial charge on any atom is -0.341 e. The van der Waals surface area contributed by atoms with Gasteiger partial charge in [-0.3, -0.25) is 9.88 Å². The number of aliphatic imine (C=N–C) groups is 1. The summed E-state index contributed by atoms with van der Waals surface area (Å²) in [5, 5.41) is 9.14. The molecule has 1 aliphatic carbocycles. The van der Waals surface area contributed by atoms with Gasteiger partial charge in [0.1, 0.15) is 11.9 Å². The van der Waals surface area contributed by atoms with Gasteiger partial charge in [0.15, 0.2) is 5.82 Å². The summed E-state index contributed by atoms with van der Waals surface area (Å²) < 4.78 is 2.18. The molecular weight excluding hydrogens is 446 g/mol.